The van der Waals surface area contributed by atoms with E-state index in [2.05, 4.69) is 29.6 Å². The molecule has 0 aliphatic carbocycles. The predicted octanol–water partition coefficient (Wildman–Crippen LogP) is 5.41. The maximum atomic E-state index is 13.0. The smallest absolute Gasteiger partial charge is 0.267 e. The van der Waals surface area contributed by atoms with Crippen molar-refractivity contribution in [3.8, 4) is 0 Å². The number of hydrazone groups is 1. The average Bonchev–Trinajstić information content (AvgIpc) is 2.87. The van der Waals surface area contributed by atoms with Gasteiger partial charge in [0, 0.05) is 30.8 Å². The Balaban J connectivity index is 1.63. The number of hydrogen-bond acceptors (Lipinski definition) is 4. The fourth-order valence-corrected chi connectivity index (χ4v) is 5.86. The van der Waals surface area contributed by atoms with Crippen LogP contribution in [0.2, 0.25) is 0 Å². The highest BCUT2D eigenvalue weighted by Crippen LogP contribution is 2.21. The van der Waals surface area contributed by atoms with E-state index in [9.17, 15) is 13.2 Å². The number of nitrogens with one attached hydrogen (secondary N) is 1. The molecule has 2 aromatic carbocycles. The normalized spacial score (nSPS) is 15.9. The predicted molar refractivity (Wildman–Crippen MR) is 137 cm³/mol. The Morgan fingerprint density at radius 2 is 1.79 bits per heavy atom. The number of nitrogens with zero attached hydrogens (tertiary/aromatic N) is 2. The molecule has 1 atom stereocenters. The van der Waals surface area contributed by atoms with Crippen LogP contribution >= 0.6 is 0 Å². The number of rotatable bonds is 12. The highest BCUT2D eigenvalue weighted by molar-refractivity contribution is 7.89. The minimum Gasteiger partial charge on any atom is -0.267 e. The van der Waals surface area contributed by atoms with Crippen molar-refractivity contribution in [2.75, 3.05) is 13.1 Å². The molecule has 1 amide bonds. The van der Waals surface area contributed by atoms with E-state index in [-0.39, 0.29) is 16.4 Å². The van der Waals surface area contributed by atoms with Crippen molar-refractivity contribution >= 4 is 22.1 Å². The largest absolute Gasteiger partial charge is 0.271 e. The van der Waals surface area contributed by atoms with E-state index in [4.69, 9.17) is 0 Å². The van der Waals surface area contributed by atoms with Gasteiger partial charge in [0.25, 0.3) is 5.91 Å². The first-order valence-electron chi connectivity index (χ1n) is 12.5. The highest BCUT2D eigenvalue weighted by Gasteiger charge is 2.26. The van der Waals surface area contributed by atoms with E-state index in [1.807, 2.05) is 24.4 Å². The van der Waals surface area contributed by atoms with Crippen LogP contribution in [-0.4, -0.2) is 37.9 Å². The molecule has 0 bridgehead atoms. The van der Waals surface area contributed by atoms with Crippen molar-refractivity contribution in [3.05, 3.63) is 65.7 Å². The van der Waals surface area contributed by atoms with Gasteiger partial charge < -0.3 is 0 Å². The van der Waals surface area contributed by atoms with Gasteiger partial charge in [-0.2, -0.15) is 9.41 Å². The lowest BCUT2D eigenvalue weighted by molar-refractivity contribution is 0.0954. The van der Waals surface area contributed by atoms with E-state index in [0.29, 0.717) is 13.1 Å². The van der Waals surface area contributed by atoms with Crippen LogP contribution in [0.4, 0.5) is 0 Å². The van der Waals surface area contributed by atoms with Crippen molar-refractivity contribution in [1.82, 2.24) is 9.73 Å². The lowest BCUT2D eigenvalue weighted by atomic mass is 9.94. The molecular formula is C27H37N3O3S. The van der Waals surface area contributed by atoms with Gasteiger partial charge in [-0.15, -0.1) is 0 Å². The number of sulfonamides is 1. The summed E-state index contributed by atoms with van der Waals surface area (Å²) in [5.41, 5.74) is 4.13. The molecule has 184 valence electrons. The number of amides is 1. The number of benzene rings is 2. The molecule has 2 aromatic rings. The van der Waals surface area contributed by atoms with Crippen LogP contribution in [0.5, 0.6) is 0 Å². The summed E-state index contributed by atoms with van der Waals surface area (Å²) in [4.78, 5) is 12.9. The topological polar surface area (TPSA) is 78.8 Å². The number of piperidine rings is 1. The molecule has 34 heavy (non-hydrogen) atoms. The zero-order chi connectivity index (χ0) is 24.2. The first-order chi connectivity index (χ1) is 16.5. The summed E-state index contributed by atoms with van der Waals surface area (Å²) in [6.45, 7) is 3.26. The van der Waals surface area contributed by atoms with E-state index >= 15 is 0 Å². The van der Waals surface area contributed by atoms with E-state index < -0.39 is 15.9 Å². The van der Waals surface area contributed by atoms with Crippen molar-refractivity contribution in [2.45, 2.75) is 69.6 Å². The summed E-state index contributed by atoms with van der Waals surface area (Å²) in [5.74, 6) is -0.179. The van der Waals surface area contributed by atoms with Crippen molar-refractivity contribution in [1.29, 1.82) is 0 Å². The highest BCUT2D eigenvalue weighted by atomic mass is 32.2. The Kier molecular flexibility index (Phi) is 10.3. The quantitative estimate of drug-likeness (QED) is 0.249. The Bertz CT molecular complexity index is 1030. The Morgan fingerprint density at radius 1 is 1.03 bits per heavy atom. The van der Waals surface area contributed by atoms with Crippen LogP contribution in [0, 0.1) is 5.92 Å². The van der Waals surface area contributed by atoms with Gasteiger partial charge in [0.1, 0.15) is 0 Å². The van der Waals surface area contributed by atoms with Crippen molar-refractivity contribution in [3.63, 3.8) is 0 Å². The van der Waals surface area contributed by atoms with Crippen LogP contribution in [0.25, 0.3) is 0 Å². The summed E-state index contributed by atoms with van der Waals surface area (Å²) < 4.78 is 27.4. The first-order valence-corrected chi connectivity index (χ1v) is 13.9. The number of carbonyl (C=O) groups is 1. The van der Waals surface area contributed by atoms with Crippen LogP contribution in [-0.2, 0) is 16.4 Å². The molecule has 1 heterocycles. The third kappa shape index (κ3) is 7.77. The van der Waals surface area contributed by atoms with Gasteiger partial charge in [0.15, 0.2) is 0 Å². The third-order valence-corrected chi connectivity index (χ3v) is 8.16. The molecule has 0 radical (unpaired) electrons. The third-order valence-electron chi connectivity index (χ3n) is 6.27. The van der Waals surface area contributed by atoms with Gasteiger partial charge in [-0.1, -0.05) is 75.4 Å². The molecule has 0 aromatic heterocycles. The molecule has 1 fully saturated rings. The van der Waals surface area contributed by atoms with Crippen LogP contribution in [0.15, 0.2) is 64.6 Å². The summed E-state index contributed by atoms with van der Waals surface area (Å²) >= 11 is 0. The van der Waals surface area contributed by atoms with Gasteiger partial charge in [-0.05, 0) is 49.4 Å². The van der Waals surface area contributed by atoms with E-state index in [1.54, 1.807) is 18.2 Å². The lowest BCUT2D eigenvalue weighted by Gasteiger charge is -2.25. The van der Waals surface area contributed by atoms with Gasteiger partial charge >= 0.3 is 0 Å². The molecule has 0 spiro atoms. The van der Waals surface area contributed by atoms with Crippen molar-refractivity contribution in [2.24, 2.45) is 11.0 Å². The average molecular weight is 484 g/mol. The molecule has 6 nitrogen and oxygen atoms in total. The lowest BCUT2D eigenvalue weighted by Crippen LogP contribution is -2.35. The Labute approximate surface area is 204 Å². The molecule has 1 aliphatic heterocycles. The molecular weight excluding hydrogens is 446 g/mol. The maximum Gasteiger partial charge on any atom is 0.271 e. The standard InChI is InChI=1S/C27H37N3O3S/c1-2-3-4-7-15-24(20-23-13-8-5-9-14-23)22-28-29-27(31)25-16-12-17-26(21-25)34(32,33)30-18-10-6-11-19-30/h5,8-9,12-14,16-17,21-22,24H,2-4,6-7,10-11,15,18-20H2,1H3,(H,29,31). The van der Waals surface area contributed by atoms with E-state index in [0.717, 1.165) is 38.5 Å². The van der Waals surface area contributed by atoms with Crippen molar-refractivity contribution < 1.29 is 13.2 Å². The van der Waals surface area contributed by atoms with Gasteiger partial charge in [0.05, 0.1) is 4.90 Å². The summed E-state index contributed by atoms with van der Waals surface area (Å²) in [5, 5.41) is 4.24. The van der Waals surface area contributed by atoms with Gasteiger partial charge in [-0.25, -0.2) is 13.8 Å². The van der Waals surface area contributed by atoms with Crippen LogP contribution < -0.4 is 5.43 Å². The van der Waals surface area contributed by atoms with Crippen LogP contribution in [0.3, 0.4) is 0 Å². The number of unbranched alkanes of at least 4 members (excludes halogenated alkanes) is 3. The second-order valence-electron chi connectivity index (χ2n) is 9.01. The summed E-state index contributed by atoms with van der Waals surface area (Å²) in [6, 6.07) is 16.5. The maximum absolute atomic E-state index is 13.0. The molecule has 1 saturated heterocycles. The molecule has 1 N–H and O–H groups in total. The molecule has 1 aliphatic rings. The summed E-state index contributed by atoms with van der Waals surface area (Å²) in [6.07, 6.45) is 11.2. The SMILES string of the molecule is CCCCCCC(C=NNC(=O)c1cccc(S(=O)(=O)N2CCCCC2)c1)Cc1ccccc1. The first kappa shape index (κ1) is 26.1. The van der Waals surface area contributed by atoms with Gasteiger partial charge in [0.2, 0.25) is 10.0 Å². The molecule has 0 saturated carbocycles. The Hall–Kier alpha value is -2.51. The number of carbonyl (C=O) groups excluding carboxylic acids is 1. The second kappa shape index (κ2) is 13.4. The van der Waals surface area contributed by atoms with Crippen LogP contribution in [0.1, 0.15) is 74.2 Å². The summed E-state index contributed by atoms with van der Waals surface area (Å²) in [7, 11) is -3.59. The second-order valence-corrected chi connectivity index (χ2v) is 10.9. The molecule has 1 unspecified atom stereocenters. The molecule has 3 rings (SSSR count). The number of hydrogen-bond donors (Lipinski definition) is 1. The van der Waals surface area contributed by atoms with E-state index in [1.165, 1.54) is 35.2 Å². The minimum absolute atomic E-state index is 0.156. The Morgan fingerprint density at radius 3 is 2.53 bits per heavy atom. The molecule has 7 heteroatoms. The monoisotopic (exact) mass is 483 g/mol. The fraction of sp³-hybridized carbons (Fsp3) is 0.481. The zero-order valence-corrected chi connectivity index (χ0v) is 21.0. The minimum atomic E-state index is -3.59. The fourth-order valence-electron chi connectivity index (χ4n) is 4.30. The zero-order valence-electron chi connectivity index (χ0n) is 20.2. The van der Waals surface area contributed by atoms with Gasteiger partial charge in [-0.3, -0.25) is 4.79 Å².